The normalized spacial score (nSPS) is 13.7. The summed E-state index contributed by atoms with van der Waals surface area (Å²) in [6.45, 7) is 11.5. The second-order valence-electron chi connectivity index (χ2n) is 3.06. The maximum absolute atomic E-state index is 11.4. The molecule has 1 rings (SSSR count). The maximum Gasteiger partial charge on any atom is 0.409 e. The SMILES string of the molecule is CC.CC.COCCCOC(=O)N1CCOCC1. The highest BCUT2D eigenvalue weighted by Crippen LogP contribution is 2.00. The third kappa shape index (κ3) is 10.4. The van der Waals surface area contributed by atoms with Crippen LogP contribution in [0.5, 0.6) is 0 Å². The quantitative estimate of drug-likeness (QED) is 0.731. The van der Waals surface area contributed by atoms with Crippen molar-refractivity contribution in [2.75, 3.05) is 46.6 Å². The molecule has 1 saturated heterocycles. The fourth-order valence-corrected chi connectivity index (χ4v) is 1.20. The molecule has 1 aliphatic heterocycles. The van der Waals surface area contributed by atoms with Gasteiger partial charge >= 0.3 is 6.09 Å². The summed E-state index contributed by atoms with van der Waals surface area (Å²) in [6, 6.07) is 0. The number of ether oxygens (including phenoxy) is 3. The van der Waals surface area contributed by atoms with Crippen LogP contribution in [-0.4, -0.2) is 57.6 Å². The zero-order valence-electron chi connectivity index (χ0n) is 12.5. The van der Waals surface area contributed by atoms with Gasteiger partial charge in [0.05, 0.1) is 19.8 Å². The Morgan fingerprint density at radius 1 is 1.11 bits per heavy atom. The summed E-state index contributed by atoms with van der Waals surface area (Å²) in [4.78, 5) is 13.0. The smallest absolute Gasteiger partial charge is 0.409 e. The molecule has 0 aromatic heterocycles. The molecule has 5 nitrogen and oxygen atoms in total. The first-order valence-corrected chi connectivity index (χ1v) is 6.83. The monoisotopic (exact) mass is 263 g/mol. The maximum atomic E-state index is 11.4. The first kappa shape index (κ1) is 19.5. The van der Waals surface area contributed by atoms with E-state index in [2.05, 4.69) is 0 Å². The van der Waals surface area contributed by atoms with Gasteiger partial charge in [0, 0.05) is 33.2 Å². The summed E-state index contributed by atoms with van der Waals surface area (Å²) in [7, 11) is 1.63. The number of nitrogens with zero attached hydrogens (tertiary/aromatic N) is 1. The molecule has 0 N–H and O–H groups in total. The molecule has 0 unspecified atom stereocenters. The number of rotatable bonds is 4. The highest BCUT2D eigenvalue weighted by molar-refractivity contribution is 5.67. The average Bonchev–Trinajstić information content (AvgIpc) is 2.48. The summed E-state index contributed by atoms with van der Waals surface area (Å²) in [5.74, 6) is 0. The van der Waals surface area contributed by atoms with Crippen LogP contribution in [0.3, 0.4) is 0 Å². The van der Waals surface area contributed by atoms with Crippen molar-refractivity contribution in [3.05, 3.63) is 0 Å². The highest BCUT2D eigenvalue weighted by Gasteiger charge is 2.17. The molecule has 1 fully saturated rings. The van der Waals surface area contributed by atoms with Crippen LogP contribution in [-0.2, 0) is 14.2 Å². The topological polar surface area (TPSA) is 48.0 Å². The third-order valence-corrected chi connectivity index (χ3v) is 1.99. The molecular formula is C13H29NO4. The molecule has 0 aromatic rings. The minimum atomic E-state index is -0.246. The van der Waals surface area contributed by atoms with Gasteiger partial charge in [0.15, 0.2) is 0 Å². The second kappa shape index (κ2) is 16.2. The lowest BCUT2D eigenvalue weighted by Gasteiger charge is -2.25. The minimum absolute atomic E-state index is 0.246. The fourth-order valence-electron chi connectivity index (χ4n) is 1.20. The van der Waals surface area contributed by atoms with Gasteiger partial charge in [-0.1, -0.05) is 27.7 Å². The molecule has 18 heavy (non-hydrogen) atoms. The van der Waals surface area contributed by atoms with Crippen LogP contribution in [0.2, 0.25) is 0 Å². The summed E-state index contributed by atoms with van der Waals surface area (Å²) in [6.07, 6.45) is 0.497. The van der Waals surface area contributed by atoms with Crippen molar-refractivity contribution >= 4 is 6.09 Å². The Hall–Kier alpha value is -0.810. The number of carbonyl (C=O) groups excluding carboxylic acids is 1. The van der Waals surface area contributed by atoms with Gasteiger partial charge in [-0.05, 0) is 0 Å². The van der Waals surface area contributed by atoms with Crippen LogP contribution in [0.15, 0.2) is 0 Å². The number of morpholine rings is 1. The Labute approximate surface area is 111 Å². The number of hydrogen-bond donors (Lipinski definition) is 0. The zero-order chi connectivity index (χ0) is 14.2. The molecule has 0 bridgehead atoms. The lowest BCUT2D eigenvalue weighted by Crippen LogP contribution is -2.41. The van der Waals surface area contributed by atoms with Crippen molar-refractivity contribution < 1.29 is 19.0 Å². The summed E-state index contributed by atoms with van der Waals surface area (Å²) < 4.78 is 15.0. The van der Waals surface area contributed by atoms with E-state index in [1.807, 2.05) is 27.7 Å². The van der Waals surface area contributed by atoms with E-state index in [1.165, 1.54) is 0 Å². The van der Waals surface area contributed by atoms with Crippen molar-refractivity contribution in [2.45, 2.75) is 34.1 Å². The number of carbonyl (C=O) groups is 1. The van der Waals surface area contributed by atoms with Gasteiger partial charge in [-0.3, -0.25) is 0 Å². The van der Waals surface area contributed by atoms with Crippen LogP contribution < -0.4 is 0 Å². The molecule has 110 valence electrons. The standard InChI is InChI=1S/C9H17NO4.2C2H6/c1-12-5-2-6-14-9(11)10-3-7-13-8-4-10;2*1-2/h2-8H2,1H3;2*1-2H3. The lowest BCUT2D eigenvalue weighted by atomic mass is 10.4. The molecule has 0 spiro atoms. The number of methoxy groups -OCH3 is 1. The van der Waals surface area contributed by atoms with E-state index in [0.717, 1.165) is 6.42 Å². The van der Waals surface area contributed by atoms with Crippen LogP contribution >= 0.6 is 0 Å². The van der Waals surface area contributed by atoms with Crippen molar-refractivity contribution in [2.24, 2.45) is 0 Å². The van der Waals surface area contributed by atoms with Gasteiger partial charge in [0.1, 0.15) is 0 Å². The van der Waals surface area contributed by atoms with Crippen LogP contribution in [0, 0.1) is 0 Å². The largest absolute Gasteiger partial charge is 0.449 e. The van der Waals surface area contributed by atoms with E-state index >= 15 is 0 Å². The van der Waals surface area contributed by atoms with Gasteiger partial charge in [0.25, 0.3) is 0 Å². The van der Waals surface area contributed by atoms with Crippen molar-refractivity contribution in [1.29, 1.82) is 0 Å². The lowest BCUT2D eigenvalue weighted by molar-refractivity contribution is 0.0251. The summed E-state index contributed by atoms with van der Waals surface area (Å²) in [5.41, 5.74) is 0. The Bertz CT molecular complexity index is 170. The molecule has 0 radical (unpaired) electrons. The molecule has 0 aliphatic carbocycles. The van der Waals surface area contributed by atoms with Gasteiger partial charge in [0.2, 0.25) is 0 Å². The Kier molecular flexibility index (Phi) is 17.6. The molecule has 1 heterocycles. The third-order valence-electron chi connectivity index (χ3n) is 1.99. The molecule has 1 aliphatic rings. The van der Waals surface area contributed by atoms with E-state index < -0.39 is 0 Å². The number of hydrogen-bond acceptors (Lipinski definition) is 4. The van der Waals surface area contributed by atoms with Crippen molar-refractivity contribution in [3.8, 4) is 0 Å². The Morgan fingerprint density at radius 2 is 1.67 bits per heavy atom. The van der Waals surface area contributed by atoms with E-state index in [1.54, 1.807) is 12.0 Å². The van der Waals surface area contributed by atoms with Crippen molar-refractivity contribution in [3.63, 3.8) is 0 Å². The molecule has 0 atom stereocenters. The van der Waals surface area contributed by atoms with Gasteiger partial charge in [-0.2, -0.15) is 0 Å². The summed E-state index contributed by atoms with van der Waals surface area (Å²) in [5, 5.41) is 0. The predicted octanol–water partition coefficient (Wildman–Crippen LogP) is 2.54. The molecule has 0 aromatic carbocycles. The predicted molar refractivity (Wildman–Crippen MR) is 72.9 cm³/mol. The Balaban J connectivity index is 0. The van der Waals surface area contributed by atoms with Crippen molar-refractivity contribution in [1.82, 2.24) is 4.90 Å². The van der Waals surface area contributed by atoms with Gasteiger partial charge < -0.3 is 19.1 Å². The minimum Gasteiger partial charge on any atom is -0.449 e. The van der Waals surface area contributed by atoms with Crippen LogP contribution in [0.25, 0.3) is 0 Å². The fraction of sp³-hybridized carbons (Fsp3) is 0.923. The van der Waals surface area contributed by atoms with E-state index in [0.29, 0.717) is 39.5 Å². The van der Waals surface area contributed by atoms with E-state index in [-0.39, 0.29) is 6.09 Å². The molecule has 5 heteroatoms. The van der Waals surface area contributed by atoms with Crippen LogP contribution in [0.1, 0.15) is 34.1 Å². The Morgan fingerprint density at radius 3 is 2.17 bits per heavy atom. The average molecular weight is 263 g/mol. The van der Waals surface area contributed by atoms with E-state index in [4.69, 9.17) is 14.2 Å². The first-order valence-electron chi connectivity index (χ1n) is 6.83. The highest BCUT2D eigenvalue weighted by atomic mass is 16.6. The van der Waals surface area contributed by atoms with Gasteiger partial charge in [-0.15, -0.1) is 0 Å². The van der Waals surface area contributed by atoms with Gasteiger partial charge in [-0.25, -0.2) is 4.79 Å². The molecular weight excluding hydrogens is 234 g/mol. The van der Waals surface area contributed by atoms with Crippen LogP contribution in [0.4, 0.5) is 4.79 Å². The second-order valence-corrected chi connectivity index (χ2v) is 3.06. The molecule has 1 amide bonds. The first-order chi connectivity index (χ1) is 8.84. The van der Waals surface area contributed by atoms with E-state index in [9.17, 15) is 4.79 Å². The summed E-state index contributed by atoms with van der Waals surface area (Å²) >= 11 is 0. The molecule has 0 saturated carbocycles. The zero-order valence-corrected chi connectivity index (χ0v) is 12.5. The number of amides is 1.